The Morgan fingerprint density at radius 3 is 2.38 bits per heavy atom. The standard InChI is InChI=1S/C22H22O12/c1-31-13-4-8(2-3-9(13)24)12-5-10(25)16-14(32-12)6-11(26)21(18(16)28)34-22-20(30)19(29)17(27)15(7-23)33-22/h2-6,15,17,19-20,22-24,26-30H,7H2,1H3. The van der Waals surface area contributed by atoms with E-state index in [2.05, 4.69) is 0 Å². The first-order chi connectivity index (χ1) is 16.2. The molecule has 5 unspecified atom stereocenters. The molecule has 0 saturated carbocycles. The number of aromatic hydroxyl groups is 3. The number of ether oxygens (including phenoxy) is 3. The van der Waals surface area contributed by atoms with Gasteiger partial charge in [0.1, 0.15) is 41.1 Å². The molecule has 7 N–H and O–H groups in total. The van der Waals surface area contributed by atoms with E-state index in [1.807, 2.05) is 0 Å². The van der Waals surface area contributed by atoms with Crippen LogP contribution < -0.4 is 14.9 Å². The summed E-state index contributed by atoms with van der Waals surface area (Å²) in [5.74, 6) is -2.10. The number of hydrogen-bond donors (Lipinski definition) is 7. The summed E-state index contributed by atoms with van der Waals surface area (Å²) in [5.41, 5.74) is -0.542. The van der Waals surface area contributed by atoms with Gasteiger partial charge in [-0.2, -0.15) is 0 Å². The average Bonchev–Trinajstić information content (AvgIpc) is 2.81. The van der Waals surface area contributed by atoms with Gasteiger partial charge >= 0.3 is 0 Å². The lowest BCUT2D eigenvalue weighted by atomic mass is 9.99. The molecular weight excluding hydrogens is 456 g/mol. The van der Waals surface area contributed by atoms with Gasteiger partial charge in [0.2, 0.25) is 12.0 Å². The summed E-state index contributed by atoms with van der Waals surface area (Å²) in [4.78, 5) is 12.8. The van der Waals surface area contributed by atoms with Gasteiger partial charge in [0.25, 0.3) is 0 Å². The molecule has 2 heterocycles. The van der Waals surface area contributed by atoms with Crippen molar-refractivity contribution >= 4 is 11.0 Å². The largest absolute Gasteiger partial charge is 0.504 e. The Morgan fingerprint density at radius 2 is 1.71 bits per heavy atom. The van der Waals surface area contributed by atoms with Gasteiger partial charge in [-0.15, -0.1) is 0 Å². The van der Waals surface area contributed by atoms with Crippen molar-refractivity contribution in [3.63, 3.8) is 0 Å². The maximum Gasteiger partial charge on any atom is 0.229 e. The molecule has 1 saturated heterocycles. The minimum absolute atomic E-state index is 0.0530. The van der Waals surface area contributed by atoms with Gasteiger partial charge in [0.15, 0.2) is 28.4 Å². The zero-order chi connectivity index (χ0) is 24.7. The van der Waals surface area contributed by atoms with Crippen molar-refractivity contribution in [2.24, 2.45) is 0 Å². The fourth-order valence-electron chi connectivity index (χ4n) is 3.64. The molecule has 4 rings (SSSR count). The van der Waals surface area contributed by atoms with Crippen LogP contribution in [-0.4, -0.2) is 80.2 Å². The maximum absolute atomic E-state index is 12.8. The molecule has 0 amide bonds. The molecule has 2 aromatic carbocycles. The minimum Gasteiger partial charge on any atom is -0.504 e. The number of phenolic OH excluding ortho intramolecular Hbond substituents is 3. The number of phenols is 3. The SMILES string of the molecule is COc1cc(-c2cc(=O)c3c(O)c(OC4OC(CO)C(O)C(O)C4O)c(O)cc3o2)ccc1O. The molecule has 34 heavy (non-hydrogen) atoms. The second kappa shape index (κ2) is 9.00. The Kier molecular flexibility index (Phi) is 6.25. The number of benzene rings is 2. The molecule has 3 aromatic rings. The normalized spacial score (nSPS) is 24.8. The molecule has 12 heteroatoms. The molecule has 0 bridgehead atoms. The molecular formula is C22H22O12. The first-order valence-corrected chi connectivity index (χ1v) is 10.0. The van der Waals surface area contributed by atoms with Crippen LogP contribution in [0.5, 0.6) is 28.7 Å². The fourth-order valence-corrected chi connectivity index (χ4v) is 3.64. The predicted molar refractivity (Wildman–Crippen MR) is 114 cm³/mol. The van der Waals surface area contributed by atoms with Gasteiger partial charge in [-0.1, -0.05) is 0 Å². The van der Waals surface area contributed by atoms with Crippen LogP contribution in [0.1, 0.15) is 0 Å². The quantitative estimate of drug-likeness (QED) is 0.254. The lowest BCUT2D eigenvalue weighted by molar-refractivity contribution is -0.277. The molecule has 12 nitrogen and oxygen atoms in total. The van der Waals surface area contributed by atoms with Crippen molar-refractivity contribution in [1.82, 2.24) is 0 Å². The third-order valence-electron chi connectivity index (χ3n) is 5.47. The Morgan fingerprint density at radius 1 is 0.971 bits per heavy atom. The average molecular weight is 478 g/mol. The first kappa shape index (κ1) is 23.6. The highest BCUT2D eigenvalue weighted by molar-refractivity contribution is 5.89. The molecule has 0 spiro atoms. The van der Waals surface area contributed by atoms with E-state index in [0.29, 0.717) is 5.56 Å². The zero-order valence-corrected chi connectivity index (χ0v) is 17.7. The monoisotopic (exact) mass is 478 g/mol. The summed E-state index contributed by atoms with van der Waals surface area (Å²) in [6, 6.07) is 6.30. The van der Waals surface area contributed by atoms with Crippen molar-refractivity contribution in [2.45, 2.75) is 30.7 Å². The van der Waals surface area contributed by atoms with E-state index in [9.17, 15) is 40.5 Å². The topological polar surface area (TPSA) is 200 Å². The highest BCUT2D eigenvalue weighted by Crippen LogP contribution is 2.43. The third-order valence-corrected chi connectivity index (χ3v) is 5.47. The number of rotatable bonds is 5. The zero-order valence-electron chi connectivity index (χ0n) is 17.7. The van der Waals surface area contributed by atoms with Crippen molar-refractivity contribution in [3.8, 4) is 40.1 Å². The van der Waals surface area contributed by atoms with Crippen molar-refractivity contribution in [1.29, 1.82) is 0 Å². The maximum atomic E-state index is 12.8. The lowest BCUT2D eigenvalue weighted by Crippen LogP contribution is -2.60. The number of aliphatic hydroxyl groups excluding tert-OH is 4. The summed E-state index contributed by atoms with van der Waals surface area (Å²) in [6.45, 7) is -0.713. The molecule has 182 valence electrons. The minimum atomic E-state index is -1.81. The van der Waals surface area contributed by atoms with Crippen molar-refractivity contribution < 1.29 is 54.4 Å². The molecule has 1 aliphatic rings. The van der Waals surface area contributed by atoms with E-state index in [1.54, 1.807) is 0 Å². The van der Waals surface area contributed by atoms with Crippen LogP contribution >= 0.6 is 0 Å². The number of fused-ring (bicyclic) bond motifs is 1. The Labute approximate surface area is 191 Å². The van der Waals surface area contributed by atoms with E-state index in [0.717, 1.165) is 12.1 Å². The molecule has 1 aromatic heterocycles. The lowest BCUT2D eigenvalue weighted by Gasteiger charge is -2.39. The van der Waals surface area contributed by atoms with Crippen LogP contribution in [0, 0.1) is 0 Å². The molecule has 1 fully saturated rings. The smallest absolute Gasteiger partial charge is 0.229 e. The second-order valence-corrected chi connectivity index (χ2v) is 7.62. The van der Waals surface area contributed by atoms with E-state index in [4.69, 9.17) is 18.6 Å². The molecule has 0 radical (unpaired) electrons. The summed E-state index contributed by atoms with van der Waals surface area (Å²) in [5, 5.41) is 69.7. The number of methoxy groups -OCH3 is 1. The fraction of sp³-hybridized carbons (Fsp3) is 0.318. The van der Waals surface area contributed by atoms with Crippen LogP contribution in [0.25, 0.3) is 22.3 Å². The van der Waals surface area contributed by atoms with E-state index in [1.165, 1.54) is 25.3 Å². The van der Waals surface area contributed by atoms with Gasteiger partial charge in [-0.25, -0.2) is 0 Å². The highest BCUT2D eigenvalue weighted by Gasteiger charge is 2.45. The van der Waals surface area contributed by atoms with Crippen LogP contribution in [0.3, 0.4) is 0 Å². The third kappa shape index (κ3) is 3.97. The summed E-state index contributed by atoms with van der Waals surface area (Å²) < 4.78 is 21.2. The van der Waals surface area contributed by atoms with Crippen LogP contribution in [0.4, 0.5) is 0 Å². The van der Waals surface area contributed by atoms with Crippen molar-refractivity contribution in [3.05, 3.63) is 40.6 Å². The van der Waals surface area contributed by atoms with Crippen LogP contribution in [-0.2, 0) is 4.74 Å². The van der Waals surface area contributed by atoms with Gasteiger partial charge in [-0.05, 0) is 18.2 Å². The number of hydrogen-bond acceptors (Lipinski definition) is 12. The van der Waals surface area contributed by atoms with Crippen LogP contribution in [0.2, 0.25) is 0 Å². The van der Waals surface area contributed by atoms with Crippen molar-refractivity contribution in [2.75, 3.05) is 13.7 Å². The Hall–Kier alpha value is -3.55. The van der Waals surface area contributed by atoms with E-state index < -0.39 is 60.0 Å². The van der Waals surface area contributed by atoms with Gasteiger partial charge in [0, 0.05) is 17.7 Å². The van der Waals surface area contributed by atoms with Crippen LogP contribution in [0.15, 0.2) is 39.5 Å². The Bertz CT molecular complexity index is 1270. The Balaban J connectivity index is 1.75. The second-order valence-electron chi connectivity index (χ2n) is 7.62. The highest BCUT2D eigenvalue weighted by atomic mass is 16.7. The predicted octanol–water partition coefficient (Wildman–Crippen LogP) is -0.236. The number of aliphatic hydroxyl groups is 4. The first-order valence-electron chi connectivity index (χ1n) is 10.0. The van der Waals surface area contributed by atoms with Gasteiger partial charge in [0.05, 0.1) is 13.7 Å². The van der Waals surface area contributed by atoms with Gasteiger partial charge < -0.3 is 54.4 Å². The van der Waals surface area contributed by atoms with E-state index >= 15 is 0 Å². The van der Waals surface area contributed by atoms with E-state index in [-0.39, 0.29) is 28.2 Å². The molecule has 0 aliphatic carbocycles. The summed E-state index contributed by atoms with van der Waals surface area (Å²) >= 11 is 0. The van der Waals surface area contributed by atoms with Gasteiger partial charge in [-0.3, -0.25) is 4.79 Å². The molecule has 5 atom stereocenters. The summed E-state index contributed by atoms with van der Waals surface area (Å²) in [6.07, 6.45) is -8.20. The summed E-state index contributed by atoms with van der Waals surface area (Å²) in [7, 11) is 1.35. The molecule has 1 aliphatic heterocycles.